The van der Waals surface area contributed by atoms with Crippen LogP contribution in [0.3, 0.4) is 0 Å². The van der Waals surface area contributed by atoms with Gasteiger partial charge in [-0.05, 0) is 60.4 Å². The first-order valence-corrected chi connectivity index (χ1v) is 22.0. The van der Waals surface area contributed by atoms with Crippen LogP contribution in [0.5, 0.6) is 11.5 Å². The molecule has 5 aromatic rings. The Hall–Kier alpha value is -6.77. The number of ether oxygens (including phenoxy) is 6. The average Bonchev–Trinajstić information content (AvgIpc) is 3.95. The maximum atomic E-state index is 14.8. The molecule has 0 aliphatic carbocycles. The summed E-state index contributed by atoms with van der Waals surface area (Å²) in [7, 11) is 3.19. The largest absolute Gasteiger partial charge is 0.497 e. The number of aromatic nitrogens is 4. The van der Waals surface area contributed by atoms with Crippen LogP contribution in [0.1, 0.15) is 60.9 Å². The van der Waals surface area contributed by atoms with Gasteiger partial charge in [0.15, 0.2) is 0 Å². The van der Waals surface area contributed by atoms with Crippen LogP contribution in [-0.2, 0) is 38.9 Å². The van der Waals surface area contributed by atoms with Gasteiger partial charge in [-0.25, -0.2) is 18.8 Å². The minimum atomic E-state index is -1.58. The first-order valence-electron chi connectivity index (χ1n) is 21.0. The summed E-state index contributed by atoms with van der Waals surface area (Å²) in [6.45, 7) is 1.99. The van der Waals surface area contributed by atoms with Gasteiger partial charge >= 0.3 is 23.3 Å². The Balaban J connectivity index is 0.959. The second kappa shape index (κ2) is 21.0. The van der Waals surface area contributed by atoms with E-state index in [1.807, 2.05) is 78.9 Å². The molecular formula is C46H49FN6O12S. The van der Waals surface area contributed by atoms with E-state index in [2.05, 4.69) is 20.6 Å². The van der Waals surface area contributed by atoms with Gasteiger partial charge in [0.05, 0.1) is 14.2 Å². The number of hydrogen-bond acceptors (Lipinski definition) is 15. The van der Waals surface area contributed by atoms with Gasteiger partial charge in [0, 0.05) is 43.5 Å². The number of alkyl halides is 1. The van der Waals surface area contributed by atoms with Gasteiger partial charge in [0.1, 0.15) is 72.3 Å². The third kappa shape index (κ3) is 10.8. The number of methoxy groups -OCH3 is 2. The summed E-state index contributed by atoms with van der Waals surface area (Å²) in [6.07, 6.45) is -2.42. The molecule has 2 aliphatic rings. The lowest BCUT2D eigenvalue weighted by molar-refractivity contribution is -0.153. The van der Waals surface area contributed by atoms with Crippen LogP contribution < -0.4 is 37.0 Å². The number of thioether (sulfide) groups is 1. The number of amides is 1. The summed E-state index contributed by atoms with van der Waals surface area (Å²) in [6, 6.07) is 25.5. The molecule has 6 atom stereocenters. The average molecular weight is 929 g/mol. The molecule has 4 heterocycles. The molecule has 3 N–H and O–H groups in total. The Morgan fingerprint density at radius 2 is 1.53 bits per heavy atom. The van der Waals surface area contributed by atoms with Crippen molar-refractivity contribution in [3.8, 4) is 11.5 Å². The number of aromatic amines is 1. The molecule has 2 aliphatic heterocycles. The minimum absolute atomic E-state index is 0.193. The summed E-state index contributed by atoms with van der Waals surface area (Å²) in [4.78, 5) is 82.1. The van der Waals surface area contributed by atoms with E-state index in [0.29, 0.717) is 23.1 Å². The fourth-order valence-corrected chi connectivity index (χ4v) is 8.71. The van der Waals surface area contributed by atoms with Crippen LogP contribution in [-0.4, -0.2) is 93.9 Å². The Morgan fingerprint density at radius 1 is 0.879 bits per heavy atom. The number of carbonyl (C=O) groups is 3. The van der Waals surface area contributed by atoms with Crippen LogP contribution in [0.4, 0.5) is 10.2 Å². The van der Waals surface area contributed by atoms with Gasteiger partial charge in [0.2, 0.25) is 5.91 Å². The monoisotopic (exact) mass is 928 g/mol. The van der Waals surface area contributed by atoms with Crippen molar-refractivity contribution >= 4 is 35.4 Å². The van der Waals surface area contributed by atoms with E-state index in [9.17, 15) is 33.2 Å². The predicted octanol–water partition coefficient (Wildman–Crippen LogP) is 4.11. The second-order valence-electron chi connectivity index (χ2n) is 15.5. The van der Waals surface area contributed by atoms with Gasteiger partial charge in [-0.1, -0.05) is 54.6 Å². The lowest BCUT2D eigenvalue weighted by Gasteiger charge is -2.37. The van der Waals surface area contributed by atoms with Gasteiger partial charge in [-0.3, -0.25) is 28.5 Å². The van der Waals surface area contributed by atoms with E-state index in [0.717, 1.165) is 21.3 Å². The smallest absolute Gasteiger partial charge is 0.351 e. The fraction of sp³-hybridized carbons (Fsp3) is 0.370. The molecule has 18 nitrogen and oxygen atoms in total. The molecule has 20 heteroatoms. The zero-order valence-electron chi connectivity index (χ0n) is 36.5. The summed E-state index contributed by atoms with van der Waals surface area (Å²) in [5.74, 6) is -0.204. The van der Waals surface area contributed by atoms with Crippen LogP contribution in [0.15, 0.2) is 112 Å². The Morgan fingerprint density at radius 3 is 2.15 bits per heavy atom. The van der Waals surface area contributed by atoms with Gasteiger partial charge < -0.3 is 39.1 Å². The minimum Gasteiger partial charge on any atom is -0.497 e. The predicted molar refractivity (Wildman–Crippen MR) is 239 cm³/mol. The molecule has 0 unspecified atom stereocenters. The molecular weight excluding hydrogens is 880 g/mol. The van der Waals surface area contributed by atoms with E-state index >= 15 is 0 Å². The number of nitrogens with one attached hydrogen (secondary N) is 3. The summed E-state index contributed by atoms with van der Waals surface area (Å²) in [5, 5.41) is 6.06. The number of rotatable bonds is 18. The van der Waals surface area contributed by atoms with Gasteiger partial charge in [-0.15, -0.1) is 11.8 Å². The number of hydrogen-bond donors (Lipinski definition) is 3. The molecule has 0 bridgehead atoms. The number of carbonyl (C=O) groups excluding carboxylic acids is 3. The van der Waals surface area contributed by atoms with Crippen LogP contribution in [0.25, 0.3) is 0 Å². The van der Waals surface area contributed by atoms with Crippen LogP contribution in [0.2, 0.25) is 0 Å². The third-order valence-electron chi connectivity index (χ3n) is 11.1. The Bertz CT molecular complexity index is 2630. The van der Waals surface area contributed by atoms with E-state index in [-0.39, 0.29) is 31.4 Å². The SMILES string of the molecule is COc1ccc(C(Nc2ccn([C@@H]3CS[C@H](COC(=O)[C@H](CCC(=O)OC[C@H]4O[C@@H](n5cc(C)c(=O)[nH]c5=O)C[C@@H]4F)NC(C)=O)O3)c(=O)n2)(c2ccccc2)c2ccc(OC)cc2)cc1. The van der Waals surface area contributed by atoms with E-state index in [1.165, 1.54) is 36.4 Å². The topological polar surface area (TPSA) is 220 Å². The van der Waals surface area contributed by atoms with Crippen molar-refractivity contribution in [1.82, 2.24) is 24.4 Å². The van der Waals surface area contributed by atoms with Crippen molar-refractivity contribution in [2.45, 2.75) is 74.9 Å². The number of halogens is 1. The molecule has 66 heavy (non-hydrogen) atoms. The second-order valence-corrected chi connectivity index (χ2v) is 16.7. The van der Waals surface area contributed by atoms with E-state index in [1.54, 1.807) is 26.5 Å². The highest BCUT2D eigenvalue weighted by Crippen LogP contribution is 2.41. The quantitative estimate of drug-likeness (QED) is 0.0832. The maximum Gasteiger partial charge on any atom is 0.351 e. The summed E-state index contributed by atoms with van der Waals surface area (Å²) < 4.78 is 50.6. The van der Waals surface area contributed by atoms with Gasteiger partial charge in [-0.2, -0.15) is 4.98 Å². The molecule has 0 spiro atoms. The summed E-state index contributed by atoms with van der Waals surface area (Å²) in [5.41, 5.74) is -0.825. The van der Waals surface area contributed by atoms with E-state index < -0.39 is 83.1 Å². The highest BCUT2D eigenvalue weighted by Gasteiger charge is 2.39. The van der Waals surface area contributed by atoms with Crippen molar-refractivity contribution in [1.29, 1.82) is 0 Å². The van der Waals surface area contributed by atoms with Crippen molar-refractivity contribution in [3.05, 3.63) is 151 Å². The highest BCUT2D eigenvalue weighted by molar-refractivity contribution is 8.00. The number of nitrogens with zero attached hydrogens (tertiary/aromatic N) is 3. The molecule has 1 amide bonds. The zero-order valence-corrected chi connectivity index (χ0v) is 37.3. The zero-order chi connectivity index (χ0) is 47.0. The van der Waals surface area contributed by atoms with Gasteiger partial charge in [0.25, 0.3) is 5.56 Å². The first kappa shape index (κ1) is 47.2. The number of esters is 2. The number of benzene rings is 3. The fourth-order valence-electron chi connectivity index (χ4n) is 7.72. The van der Waals surface area contributed by atoms with Crippen molar-refractivity contribution < 1.29 is 47.2 Å². The lowest BCUT2D eigenvalue weighted by atomic mass is 9.77. The molecule has 3 aromatic carbocycles. The third-order valence-corrected chi connectivity index (χ3v) is 12.2. The first-order chi connectivity index (χ1) is 31.8. The summed E-state index contributed by atoms with van der Waals surface area (Å²) >= 11 is 1.31. The molecule has 7 rings (SSSR count). The standard InChI is InChI=1S/C46H49FN6O12S/c1-27-23-53(45(59)50-42(27)56)38-22-34(47)36(64-38)24-62-40(55)19-18-35(48-28(2)54)43(57)63-25-41-65-39(26-66-41)52-21-20-37(49-44(52)58)51-46(29-8-6-5-7-9-29,30-10-14-32(60-3)15-11-30)31-12-16-33(61-4)17-13-31/h5-17,20-21,23,34-36,38-39,41H,18-19,22,24-26H2,1-4H3,(H,48,54)(H,49,51,58)(H,50,56,59)/t34-,35-,36+,38+,39-,41+/m0/s1. The molecule has 0 saturated carbocycles. The van der Waals surface area contributed by atoms with Crippen LogP contribution in [0, 0.1) is 6.92 Å². The lowest BCUT2D eigenvalue weighted by Crippen LogP contribution is -2.42. The number of aryl methyl sites for hydroxylation is 1. The maximum absolute atomic E-state index is 14.8. The highest BCUT2D eigenvalue weighted by atomic mass is 32.2. The molecule has 2 saturated heterocycles. The molecule has 2 fully saturated rings. The normalized spacial score (nSPS) is 19.7. The van der Waals surface area contributed by atoms with Crippen molar-refractivity contribution in [2.24, 2.45) is 0 Å². The van der Waals surface area contributed by atoms with Crippen molar-refractivity contribution in [2.75, 3.05) is 38.5 Å². The Kier molecular flexibility index (Phi) is 15.0. The molecule has 0 radical (unpaired) electrons. The number of H-pyrrole nitrogens is 1. The van der Waals surface area contributed by atoms with Crippen molar-refractivity contribution in [3.63, 3.8) is 0 Å². The van der Waals surface area contributed by atoms with E-state index in [4.69, 9.17) is 28.4 Å². The number of anilines is 1. The molecule has 348 valence electrons. The Labute approximate surface area is 381 Å². The van der Waals surface area contributed by atoms with Crippen LogP contribution >= 0.6 is 11.8 Å². The molecule has 2 aromatic heterocycles.